The summed E-state index contributed by atoms with van der Waals surface area (Å²) >= 11 is 0. The van der Waals surface area contributed by atoms with Crippen molar-refractivity contribution in [1.29, 1.82) is 0 Å². The van der Waals surface area contributed by atoms with Crippen LogP contribution < -0.4 is 4.74 Å². The molecule has 0 bridgehead atoms. The van der Waals surface area contributed by atoms with Gasteiger partial charge in [0.1, 0.15) is 5.75 Å². The van der Waals surface area contributed by atoms with Crippen LogP contribution in [-0.4, -0.2) is 45.0 Å². The molecule has 6 nitrogen and oxygen atoms in total. The van der Waals surface area contributed by atoms with E-state index in [9.17, 15) is 9.59 Å². The Morgan fingerprint density at radius 1 is 0.647 bits per heavy atom. The Labute approximate surface area is 209 Å². The number of hydrogen-bond acceptors (Lipinski definition) is 6. The van der Waals surface area contributed by atoms with Gasteiger partial charge < -0.3 is 18.9 Å². The highest BCUT2D eigenvalue weighted by Crippen LogP contribution is 2.12. The summed E-state index contributed by atoms with van der Waals surface area (Å²) in [6.07, 6.45) is 6.11. The van der Waals surface area contributed by atoms with Gasteiger partial charge in [-0.1, -0.05) is 53.7 Å². The minimum Gasteiger partial charge on any atom is -0.494 e. The van der Waals surface area contributed by atoms with E-state index in [0.29, 0.717) is 26.1 Å². The molecule has 0 spiro atoms. The Balaban J connectivity index is -0.000000391. The van der Waals surface area contributed by atoms with E-state index in [1.165, 1.54) is 5.56 Å². The maximum absolute atomic E-state index is 10.4. The molecule has 0 fully saturated rings. The number of carbonyl (C=O) groups excluding carboxylic acids is 2. The van der Waals surface area contributed by atoms with E-state index in [0.717, 1.165) is 57.7 Å². The van der Waals surface area contributed by atoms with E-state index >= 15 is 0 Å². The maximum Gasteiger partial charge on any atom is 0.305 e. The predicted octanol–water partition coefficient (Wildman–Crippen LogP) is 7.17. The van der Waals surface area contributed by atoms with Gasteiger partial charge in [0.05, 0.1) is 19.8 Å². The van der Waals surface area contributed by atoms with Crippen molar-refractivity contribution in [3.8, 4) is 5.75 Å². The second-order valence-corrected chi connectivity index (χ2v) is 7.17. The molecule has 1 aromatic carbocycles. The standard InChI is InChI=1S/C11H16O.2C6H12O2.C5H12O/c1-3-9-12-11-7-5-10(4-2)6-8-11;1-3-5-6(7)8-4-2;1-3-5-8-6(7)4-2;1-3-5-6-4-2/h5-8H,3-4,9H2,1-2H3;2*3-5H2,1-2H3;3-5H2,1-2H3. The SMILES string of the molecule is CCCC(=O)OCC.CCCOC(=O)CC.CCCOCC.CCCOc1ccc(CC)cc1. The molecule has 0 N–H and O–H groups in total. The Kier molecular flexibility index (Phi) is 33.2. The number of rotatable bonds is 13. The van der Waals surface area contributed by atoms with Crippen molar-refractivity contribution >= 4 is 11.9 Å². The molecular weight excluding hydrogens is 432 g/mol. The fourth-order valence-electron chi connectivity index (χ4n) is 2.09. The molecule has 0 aliphatic rings. The Morgan fingerprint density at radius 2 is 1.24 bits per heavy atom. The highest BCUT2D eigenvalue weighted by atomic mass is 16.5. The van der Waals surface area contributed by atoms with Crippen LogP contribution in [0, 0.1) is 0 Å². The smallest absolute Gasteiger partial charge is 0.305 e. The van der Waals surface area contributed by atoms with Crippen LogP contribution in [0.3, 0.4) is 0 Å². The van der Waals surface area contributed by atoms with E-state index in [4.69, 9.17) is 14.2 Å². The van der Waals surface area contributed by atoms with Gasteiger partial charge in [-0.15, -0.1) is 0 Å². The van der Waals surface area contributed by atoms with Gasteiger partial charge in [0.25, 0.3) is 0 Å². The van der Waals surface area contributed by atoms with Gasteiger partial charge in [-0.3, -0.25) is 9.59 Å². The molecular formula is C28H52O6. The van der Waals surface area contributed by atoms with Gasteiger partial charge in [-0.05, 0) is 63.6 Å². The van der Waals surface area contributed by atoms with Crippen LogP contribution in [-0.2, 0) is 30.2 Å². The fourth-order valence-corrected chi connectivity index (χ4v) is 2.09. The predicted molar refractivity (Wildman–Crippen MR) is 141 cm³/mol. The molecule has 1 rings (SSSR count). The molecule has 0 radical (unpaired) electrons. The van der Waals surface area contributed by atoms with E-state index in [-0.39, 0.29) is 11.9 Å². The first-order chi connectivity index (χ1) is 16.4. The summed E-state index contributed by atoms with van der Waals surface area (Å²) in [5.41, 5.74) is 1.36. The zero-order valence-corrected chi connectivity index (χ0v) is 23.2. The third-order valence-electron chi connectivity index (χ3n) is 3.87. The summed E-state index contributed by atoms with van der Waals surface area (Å²) in [5.74, 6) is 0.788. The zero-order valence-electron chi connectivity index (χ0n) is 23.2. The number of ether oxygens (including phenoxy) is 4. The van der Waals surface area contributed by atoms with Crippen molar-refractivity contribution < 1.29 is 28.5 Å². The number of esters is 2. The fraction of sp³-hybridized carbons (Fsp3) is 0.714. The van der Waals surface area contributed by atoms with Crippen LogP contribution in [0.25, 0.3) is 0 Å². The monoisotopic (exact) mass is 484 g/mol. The molecule has 0 aromatic heterocycles. The van der Waals surface area contributed by atoms with E-state index < -0.39 is 0 Å². The molecule has 0 aliphatic carbocycles. The summed E-state index contributed by atoms with van der Waals surface area (Å²) in [4.78, 5) is 20.8. The zero-order chi connectivity index (χ0) is 26.5. The molecule has 6 heteroatoms. The third kappa shape index (κ3) is 29.9. The molecule has 200 valence electrons. The second-order valence-electron chi connectivity index (χ2n) is 7.17. The summed E-state index contributed by atoms with van der Waals surface area (Å²) in [6.45, 7) is 19.6. The van der Waals surface area contributed by atoms with Gasteiger partial charge >= 0.3 is 11.9 Å². The lowest BCUT2D eigenvalue weighted by Crippen LogP contribution is -2.02. The minimum atomic E-state index is -0.105. The van der Waals surface area contributed by atoms with Gasteiger partial charge in [-0.2, -0.15) is 0 Å². The third-order valence-corrected chi connectivity index (χ3v) is 3.87. The van der Waals surface area contributed by atoms with Crippen LogP contribution in [0.5, 0.6) is 5.75 Å². The molecule has 0 heterocycles. The second kappa shape index (κ2) is 30.9. The van der Waals surface area contributed by atoms with Gasteiger partial charge in [0, 0.05) is 26.1 Å². The molecule has 34 heavy (non-hydrogen) atoms. The van der Waals surface area contributed by atoms with Crippen molar-refractivity contribution in [3.63, 3.8) is 0 Å². The molecule has 0 aliphatic heterocycles. The van der Waals surface area contributed by atoms with Crippen molar-refractivity contribution in [2.45, 2.75) is 100 Å². The van der Waals surface area contributed by atoms with E-state index in [1.54, 1.807) is 6.92 Å². The summed E-state index contributed by atoms with van der Waals surface area (Å²) in [6, 6.07) is 8.30. The lowest BCUT2D eigenvalue weighted by molar-refractivity contribution is -0.144. The topological polar surface area (TPSA) is 71.1 Å². The molecule has 0 atom stereocenters. The van der Waals surface area contributed by atoms with Crippen LogP contribution in [0.15, 0.2) is 24.3 Å². The minimum absolute atomic E-state index is 0.0880. The molecule has 1 aromatic rings. The number of hydrogen-bond donors (Lipinski definition) is 0. The van der Waals surface area contributed by atoms with E-state index in [1.807, 2.05) is 39.8 Å². The Hall–Kier alpha value is -2.08. The van der Waals surface area contributed by atoms with Crippen LogP contribution >= 0.6 is 0 Å². The molecule has 0 unspecified atom stereocenters. The normalized spacial score (nSPS) is 9.18. The lowest BCUT2D eigenvalue weighted by Gasteiger charge is -2.04. The molecule has 0 saturated carbocycles. The van der Waals surface area contributed by atoms with Crippen molar-refractivity contribution in [2.75, 3.05) is 33.0 Å². The summed E-state index contributed by atoms with van der Waals surface area (Å²) in [7, 11) is 0. The largest absolute Gasteiger partial charge is 0.494 e. The van der Waals surface area contributed by atoms with Crippen LogP contribution in [0.1, 0.15) is 99.5 Å². The lowest BCUT2D eigenvalue weighted by atomic mass is 10.2. The first-order valence-corrected chi connectivity index (χ1v) is 13.0. The first kappa shape index (κ1) is 36.5. The Bertz CT molecular complexity index is 530. The maximum atomic E-state index is 10.4. The van der Waals surface area contributed by atoms with Crippen LogP contribution in [0.4, 0.5) is 0 Å². The first-order valence-electron chi connectivity index (χ1n) is 13.0. The van der Waals surface area contributed by atoms with Crippen molar-refractivity contribution in [2.24, 2.45) is 0 Å². The highest BCUT2D eigenvalue weighted by Gasteiger charge is 1.95. The molecule has 0 amide bonds. The average molecular weight is 485 g/mol. The van der Waals surface area contributed by atoms with E-state index in [2.05, 4.69) is 37.6 Å². The number of benzene rings is 1. The quantitative estimate of drug-likeness (QED) is 0.218. The number of aryl methyl sites for hydroxylation is 1. The van der Waals surface area contributed by atoms with Crippen LogP contribution in [0.2, 0.25) is 0 Å². The van der Waals surface area contributed by atoms with Gasteiger partial charge in [0.15, 0.2) is 0 Å². The Morgan fingerprint density at radius 3 is 1.62 bits per heavy atom. The summed E-state index contributed by atoms with van der Waals surface area (Å²) < 4.78 is 19.8. The van der Waals surface area contributed by atoms with Gasteiger partial charge in [-0.25, -0.2) is 0 Å². The number of carbonyl (C=O) groups is 2. The summed E-state index contributed by atoms with van der Waals surface area (Å²) in [5, 5.41) is 0. The van der Waals surface area contributed by atoms with Gasteiger partial charge in [0.2, 0.25) is 0 Å². The van der Waals surface area contributed by atoms with Crippen molar-refractivity contribution in [3.05, 3.63) is 29.8 Å². The highest BCUT2D eigenvalue weighted by molar-refractivity contribution is 5.69. The van der Waals surface area contributed by atoms with Crippen molar-refractivity contribution in [1.82, 2.24) is 0 Å². The molecule has 0 saturated heterocycles. The average Bonchev–Trinajstić information content (AvgIpc) is 2.86.